The minimum Gasteiger partial charge on any atom is -0.310 e. The lowest BCUT2D eigenvalue weighted by Crippen LogP contribution is -2.23. The van der Waals surface area contributed by atoms with Crippen LogP contribution in [0.25, 0.3) is 154 Å². The summed E-state index contributed by atoms with van der Waals surface area (Å²) >= 11 is 0. The fourth-order valence-corrected chi connectivity index (χ4v) is 20.9. The first-order valence-corrected chi connectivity index (χ1v) is 43.2. The molecule has 0 bridgehead atoms. The van der Waals surface area contributed by atoms with Gasteiger partial charge < -0.3 is 9.80 Å². The first kappa shape index (κ1) is 73.4. The predicted molar refractivity (Wildman–Crippen MR) is 524 cm³/mol. The Bertz CT molecular complexity index is 7760. The zero-order chi connectivity index (χ0) is 82.4. The van der Waals surface area contributed by atoms with Crippen LogP contribution in [0.1, 0.15) is 47.2 Å². The Balaban J connectivity index is 0.684. The smallest absolute Gasteiger partial charge is 0.0540 e. The van der Waals surface area contributed by atoms with Crippen molar-refractivity contribution in [2.75, 3.05) is 9.80 Å². The summed E-state index contributed by atoms with van der Waals surface area (Å²) in [4.78, 5) is 5.07. The molecule has 0 aromatic heterocycles. The van der Waals surface area contributed by atoms with E-state index in [2.05, 4.69) is 497 Å². The van der Waals surface area contributed by atoms with Crippen LogP contribution in [0.3, 0.4) is 0 Å². The van der Waals surface area contributed by atoms with Gasteiger partial charge in [0.25, 0.3) is 0 Å². The zero-order valence-electron chi connectivity index (χ0n) is 68.9. The molecule has 0 radical (unpaired) electrons. The van der Waals surface area contributed by atoms with E-state index in [0.717, 1.165) is 101 Å². The van der Waals surface area contributed by atoms with E-state index in [9.17, 15) is 0 Å². The van der Waals surface area contributed by atoms with Crippen LogP contribution in [0.5, 0.6) is 0 Å². The van der Waals surface area contributed by atoms with E-state index < -0.39 is 10.8 Å². The summed E-state index contributed by atoms with van der Waals surface area (Å²) in [7, 11) is 0. The average molecular weight is 1580 g/mol. The Hall–Kier alpha value is -15.7. The summed E-state index contributed by atoms with van der Waals surface area (Å²) in [5.41, 5.74) is 36.8. The summed E-state index contributed by atoms with van der Waals surface area (Å²) in [6.07, 6.45) is 0. The fourth-order valence-electron chi connectivity index (χ4n) is 20.9. The van der Waals surface area contributed by atoms with Crippen molar-refractivity contribution in [2.45, 2.75) is 24.7 Å². The number of nitrogens with zero attached hydrogens (tertiary/aromatic N) is 2. The van der Waals surface area contributed by atoms with E-state index in [1.807, 2.05) is 0 Å². The Kier molecular flexibility index (Phi) is 17.9. The van der Waals surface area contributed by atoms with Crippen molar-refractivity contribution < 1.29 is 0 Å². The second-order valence-electron chi connectivity index (χ2n) is 33.5. The maximum absolute atomic E-state index is 2.56. The van der Waals surface area contributed by atoms with Crippen molar-refractivity contribution in [2.24, 2.45) is 0 Å². The second-order valence-corrected chi connectivity index (χ2v) is 33.5. The maximum Gasteiger partial charge on any atom is 0.0540 e. The van der Waals surface area contributed by atoms with Gasteiger partial charge in [0, 0.05) is 44.4 Å². The van der Waals surface area contributed by atoms with Crippen LogP contribution < -0.4 is 9.80 Å². The molecule has 0 fully saturated rings. The lowest BCUT2D eigenvalue weighted by Gasteiger charge is -2.32. The van der Waals surface area contributed by atoms with E-state index in [4.69, 9.17) is 0 Å². The zero-order valence-corrected chi connectivity index (χ0v) is 68.9. The molecule has 2 heteroatoms. The van der Waals surface area contributed by atoms with Crippen molar-refractivity contribution >= 4 is 77.2 Å². The average Bonchev–Trinajstić information content (AvgIpc) is 1.56. The SMILES string of the molecule is CC1(c2ccccc2)c2ccccc2-c2ccc(N(c3ccc(-c4cccc5c4ccc4ccccc45)cc3)c3ccccc3-c3ccccc3-c3cc(-c4ccc5ccc6c(N(c7ccc8c(c7)C(C)(c7ccccc7)c7ccccc7-8)c7ccccc7-c7ccccc7-c7ccccc7-c7ccccc7)cccc6c5c4)ccc3-c3ccccc3)cc21. The molecule has 0 amide bonds. The molecule has 21 aromatic rings. The van der Waals surface area contributed by atoms with E-state index in [0.29, 0.717) is 0 Å². The van der Waals surface area contributed by atoms with Gasteiger partial charge in [-0.1, -0.05) is 406 Å². The number of hydrogen-bond donors (Lipinski definition) is 0. The molecule has 2 aliphatic rings. The Morgan fingerprint density at radius 2 is 0.492 bits per heavy atom. The van der Waals surface area contributed by atoms with Crippen molar-refractivity contribution in [3.63, 3.8) is 0 Å². The molecule has 0 spiro atoms. The first-order chi connectivity index (χ1) is 61.3. The minimum absolute atomic E-state index is 0.423. The second kappa shape index (κ2) is 30.2. The van der Waals surface area contributed by atoms with E-state index in [-0.39, 0.29) is 0 Å². The standard InChI is InChI=1S/C122H84N2/c1-121(88-38-11-5-12-39-88)114-56-27-23-49-105(114)107-75-70-91(79-116(107)121)123(90-68-63-84(64-69-90)95-53-31-54-98-94-42-16-15-37-83(94)65-73-104(95)98)118-58-29-25-51-109(118)101-47-21-22-48-102(101)113-78-87(67-72-96(113)82-35-9-4-10-36-82)86-62-61-85-66-74-111-103(112(85)77-86)55-32-60-120(111)124(92-71-76-108-106-50-24-28-57-115(106)122(2,117(108)80-92)89-40-13-6-14-41-89)119-59-30-26-52-110(119)100-46-20-19-45-99(100)97-44-18-17-43-93(97)81-33-7-3-8-34-81/h3-80H,1-2H3. The molecule has 582 valence electrons. The van der Waals surface area contributed by atoms with Gasteiger partial charge >= 0.3 is 0 Å². The predicted octanol–water partition coefficient (Wildman–Crippen LogP) is 33.2. The quantitative estimate of drug-likeness (QED) is 0.0890. The maximum atomic E-state index is 2.56. The number of para-hydroxylation sites is 2. The van der Waals surface area contributed by atoms with Gasteiger partial charge in [-0.05, 0) is 252 Å². The van der Waals surface area contributed by atoms with Gasteiger partial charge in [0.1, 0.15) is 0 Å². The van der Waals surface area contributed by atoms with Gasteiger partial charge in [-0.15, -0.1) is 0 Å². The number of anilines is 6. The molecule has 2 atom stereocenters. The molecule has 21 aromatic carbocycles. The van der Waals surface area contributed by atoms with Crippen LogP contribution in [0.15, 0.2) is 473 Å². The lowest BCUT2D eigenvalue weighted by molar-refractivity contribution is 0.714. The number of rotatable bonds is 16. The number of benzene rings is 21. The van der Waals surface area contributed by atoms with Crippen molar-refractivity contribution in [3.05, 3.63) is 507 Å². The monoisotopic (exact) mass is 1580 g/mol. The highest BCUT2D eigenvalue weighted by atomic mass is 15.2. The van der Waals surface area contributed by atoms with E-state index in [1.165, 1.54) is 121 Å². The summed E-state index contributed by atoms with van der Waals surface area (Å²) in [6.45, 7) is 4.84. The number of hydrogen-bond acceptors (Lipinski definition) is 2. The Morgan fingerprint density at radius 1 is 0.153 bits per heavy atom. The van der Waals surface area contributed by atoms with Gasteiger partial charge in [0.05, 0.1) is 17.1 Å². The van der Waals surface area contributed by atoms with Crippen LogP contribution in [0.2, 0.25) is 0 Å². The summed E-state index contributed by atoms with van der Waals surface area (Å²) in [5.74, 6) is 0. The highest BCUT2D eigenvalue weighted by Crippen LogP contribution is 2.58. The molecule has 0 aliphatic heterocycles. The van der Waals surface area contributed by atoms with Crippen molar-refractivity contribution in [1.82, 2.24) is 0 Å². The molecule has 0 N–H and O–H groups in total. The molecular formula is C122H84N2. The van der Waals surface area contributed by atoms with Crippen molar-refractivity contribution in [3.8, 4) is 111 Å². The molecule has 0 saturated heterocycles. The topological polar surface area (TPSA) is 6.48 Å². The van der Waals surface area contributed by atoms with Crippen LogP contribution in [0, 0.1) is 0 Å². The van der Waals surface area contributed by atoms with Crippen LogP contribution in [-0.2, 0) is 10.8 Å². The molecule has 23 rings (SSSR count). The third-order valence-corrected chi connectivity index (χ3v) is 26.9. The largest absolute Gasteiger partial charge is 0.310 e. The summed E-state index contributed by atoms with van der Waals surface area (Å²) < 4.78 is 0. The van der Waals surface area contributed by atoms with Gasteiger partial charge in [-0.2, -0.15) is 0 Å². The van der Waals surface area contributed by atoms with Crippen LogP contribution >= 0.6 is 0 Å². The van der Waals surface area contributed by atoms with E-state index >= 15 is 0 Å². The minimum atomic E-state index is -0.435. The first-order valence-electron chi connectivity index (χ1n) is 43.2. The van der Waals surface area contributed by atoms with E-state index in [1.54, 1.807) is 0 Å². The Morgan fingerprint density at radius 3 is 1.07 bits per heavy atom. The molecule has 2 unspecified atom stereocenters. The van der Waals surface area contributed by atoms with Crippen LogP contribution in [0.4, 0.5) is 34.1 Å². The highest BCUT2D eigenvalue weighted by Gasteiger charge is 2.43. The third kappa shape index (κ3) is 12.1. The van der Waals surface area contributed by atoms with Gasteiger partial charge in [-0.25, -0.2) is 0 Å². The normalized spacial score (nSPS) is 14.3. The van der Waals surface area contributed by atoms with Gasteiger partial charge in [-0.3, -0.25) is 0 Å². The van der Waals surface area contributed by atoms with Gasteiger partial charge in [0.2, 0.25) is 0 Å². The number of fused-ring (bicyclic) bond motifs is 12. The van der Waals surface area contributed by atoms with Gasteiger partial charge in [0.15, 0.2) is 0 Å². The fraction of sp³-hybridized carbons (Fsp3) is 0.0328. The summed E-state index contributed by atoms with van der Waals surface area (Å²) in [6, 6.07) is 177. The highest BCUT2D eigenvalue weighted by molar-refractivity contribution is 6.16. The molecule has 2 nitrogen and oxygen atoms in total. The van der Waals surface area contributed by atoms with Crippen LogP contribution in [-0.4, -0.2) is 0 Å². The summed E-state index contributed by atoms with van der Waals surface area (Å²) in [5, 5.41) is 9.65. The molecular weight excluding hydrogens is 1490 g/mol. The molecule has 0 saturated carbocycles. The third-order valence-electron chi connectivity index (χ3n) is 26.9. The lowest BCUT2D eigenvalue weighted by atomic mass is 9.74. The molecule has 2 aliphatic carbocycles. The van der Waals surface area contributed by atoms with Crippen molar-refractivity contribution in [1.29, 1.82) is 0 Å². The molecule has 0 heterocycles. The Labute approximate surface area is 724 Å². The molecule has 124 heavy (non-hydrogen) atoms.